The van der Waals surface area contributed by atoms with E-state index in [1.54, 1.807) is 6.92 Å². The molecule has 122 valence electrons. The zero-order valence-electron chi connectivity index (χ0n) is 12.9. The molecule has 0 atom stereocenters. The predicted octanol–water partition coefficient (Wildman–Crippen LogP) is 0.396. The summed E-state index contributed by atoms with van der Waals surface area (Å²) in [5.74, 6) is -0.893. The number of hydrogen-bond acceptors (Lipinski definition) is 6. The number of nitrogens with one attached hydrogen (secondary N) is 1. The molecule has 1 amide bonds. The first-order valence-electron chi connectivity index (χ1n) is 7.28. The van der Waals surface area contributed by atoms with Crippen molar-refractivity contribution in [2.24, 2.45) is 0 Å². The number of carbonyl (C=O) groups is 2. The number of nitrogens with two attached hydrogens (primary N) is 1. The molecule has 0 aliphatic heterocycles. The average molecular weight is 317 g/mol. The van der Waals surface area contributed by atoms with Crippen LogP contribution >= 0.6 is 0 Å². The van der Waals surface area contributed by atoms with Crippen molar-refractivity contribution < 1.29 is 14.3 Å². The van der Waals surface area contributed by atoms with Crippen molar-refractivity contribution in [2.75, 3.05) is 18.9 Å². The number of anilines is 1. The second kappa shape index (κ2) is 7.92. The van der Waals surface area contributed by atoms with E-state index in [-0.39, 0.29) is 30.6 Å². The van der Waals surface area contributed by atoms with Gasteiger partial charge in [0.05, 0.1) is 6.61 Å². The number of ether oxygens (including phenoxy) is 1. The van der Waals surface area contributed by atoms with Crippen LogP contribution < -0.4 is 11.1 Å². The summed E-state index contributed by atoms with van der Waals surface area (Å²) in [6.07, 6.45) is 0.730. The third-order valence-corrected chi connectivity index (χ3v) is 3.11. The summed E-state index contributed by atoms with van der Waals surface area (Å²) < 4.78 is 5.98. The van der Waals surface area contributed by atoms with Gasteiger partial charge in [0.2, 0.25) is 11.6 Å². The van der Waals surface area contributed by atoms with E-state index in [2.05, 4.69) is 15.6 Å². The fourth-order valence-electron chi connectivity index (χ4n) is 1.96. The fourth-order valence-corrected chi connectivity index (χ4v) is 1.96. The molecule has 0 unspecified atom stereocenters. The molecular formula is C15H19N5O3. The number of aromatic nitrogens is 3. The maximum absolute atomic E-state index is 11.9. The minimum absolute atomic E-state index is 0.0154. The van der Waals surface area contributed by atoms with Gasteiger partial charge in [0.25, 0.3) is 0 Å². The standard InChI is InChI=1S/C15H19N5O3/c1-2-23-15(22)13-14(16)20(19-18-13)10-12(21)17-9-8-11-6-4-3-5-7-11/h3-7H,2,8-10,16H2,1H3,(H,17,21). The van der Waals surface area contributed by atoms with Crippen molar-refractivity contribution in [3.05, 3.63) is 41.6 Å². The van der Waals surface area contributed by atoms with Crippen LogP contribution in [0.4, 0.5) is 5.82 Å². The first-order chi connectivity index (χ1) is 11.1. The summed E-state index contributed by atoms with van der Waals surface area (Å²) in [7, 11) is 0. The van der Waals surface area contributed by atoms with Gasteiger partial charge in [-0.05, 0) is 18.9 Å². The first-order valence-corrected chi connectivity index (χ1v) is 7.28. The number of benzene rings is 1. The number of carbonyl (C=O) groups excluding carboxylic acids is 2. The van der Waals surface area contributed by atoms with Crippen LogP contribution in [0, 0.1) is 0 Å². The summed E-state index contributed by atoms with van der Waals surface area (Å²) in [6.45, 7) is 2.29. The third kappa shape index (κ3) is 4.53. The Morgan fingerprint density at radius 2 is 2.04 bits per heavy atom. The van der Waals surface area contributed by atoms with Gasteiger partial charge in [-0.1, -0.05) is 35.5 Å². The Kier molecular flexibility index (Phi) is 5.67. The molecule has 0 saturated heterocycles. The van der Waals surface area contributed by atoms with Gasteiger partial charge in [0.15, 0.2) is 5.82 Å². The highest BCUT2D eigenvalue weighted by Gasteiger charge is 2.19. The first kappa shape index (κ1) is 16.5. The number of amides is 1. The average Bonchev–Trinajstić information content (AvgIpc) is 2.89. The van der Waals surface area contributed by atoms with E-state index in [1.807, 2.05) is 30.3 Å². The molecule has 2 rings (SSSR count). The SMILES string of the molecule is CCOC(=O)c1nnn(CC(=O)NCCc2ccccc2)c1N. The van der Waals surface area contributed by atoms with Crippen LogP contribution in [0.3, 0.4) is 0 Å². The lowest BCUT2D eigenvalue weighted by Gasteiger charge is -2.06. The molecule has 0 aliphatic carbocycles. The van der Waals surface area contributed by atoms with Crippen molar-refractivity contribution in [1.29, 1.82) is 0 Å². The zero-order chi connectivity index (χ0) is 16.7. The number of rotatable bonds is 7. The minimum Gasteiger partial charge on any atom is -0.461 e. The maximum atomic E-state index is 11.9. The van der Waals surface area contributed by atoms with E-state index in [0.29, 0.717) is 6.54 Å². The molecule has 0 bridgehead atoms. The smallest absolute Gasteiger partial charge is 0.362 e. The van der Waals surface area contributed by atoms with E-state index < -0.39 is 5.97 Å². The molecule has 23 heavy (non-hydrogen) atoms. The van der Waals surface area contributed by atoms with E-state index in [1.165, 1.54) is 4.68 Å². The van der Waals surface area contributed by atoms with Crippen molar-refractivity contribution >= 4 is 17.7 Å². The van der Waals surface area contributed by atoms with Crippen LogP contribution in [0.15, 0.2) is 30.3 Å². The normalized spacial score (nSPS) is 10.3. The number of esters is 1. The summed E-state index contributed by atoms with van der Waals surface area (Å²) in [5.41, 5.74) is 6.82. The lowest BCUT2D eigenvalue weighted by molar-refractivity contribution is -0.121. The highest BCUT2D eigenvalue weighted by atomic mass is 16.5. The number of nitrogens with zero attached hydrogens (tertiary/aromatic N) is 3. The van der Waals surface area contributed by atoms with Crippen molar-refractivity contribution in [1.82, 2.24) is 20.3 Å². The molecular weight excluding hydrogens is 298 g/mol. The van der Waals surface area contributed by atoms with Crippen LogP contribution in [0.25, 0.3) is 0 Å². The van der Waals surface area contributed by atoms with Gasteiger partial charge in [-0.2, -0.15) is 0 Å². The van der Waals surface area contributed by atoms with Crippen LogP contribution in [-0.2, 0) is 22.5 Å². The summed E-state index contributed by atoms with van der Waals surface area (Å²) >= 11 is 0. The Morgan fingerprint density at radius 1 is 1.30 bits per heavy atom. The molecule has 0 aliphatic rings. The Labute approximate surface area is 133 Å². The van der Waals surface area contributed by atoms with Gasteiger partial charge < -0.3 is 15.8 Å². The topological polar surface area (TPSA) is 112 Å². The number of nitrogen functional groups attached to an aromatic ring is 1. The van der Waals surface area contributed by atoms with Gasteiger partial charge in [0.1, 0.15) is 6.54 Å². The Bertz CT molecular complexity index is 669. The largest absolute Gasteiger partial charge is 0.461 e. The Balaban J connectivity index is 1.84. The molecule has 2 aromatic rings. The van der Waals surface area contributed by atoms with Crippen LogP contribution in [0.1, 0.15) is 23.0 Å². The monoisotopic (exact) mass is 317 g/mol. The van der Waals surface area contributed by atoms with E-state index >= 15 is 0 Å². The minimum atomic E-state index is -0.652. The molecule has 0 saturated carbocycles. The molecule has 8 heteroatoms. The molecule has 0 spiro atoms. The second-order valence-electron chi connectivity index (χ2n) is 4.79. The second-order valence-corrected chi connectivity index (χ2v) is 4.79. The molecule has 0 fully saturated rings. The lowest BCUT2D eigenvalue weighted by Crippen LogP contribution is -2.30. The van der Waals surface area contributed by atoms with Crippen LogP contribution in [-0.4, -0.2) is 40.0 Å². The van der Waals surface area contributed by atoms with Crippen molar-refractivity contribution in [3.8, 4) is 0 Å². The quantitative estimate of drug-likeness (QED) is 0.715. The van der Waals surface area contributed by atoms with Gasteiger partial charge in [-0.25, -0.2) is 9.48 Å². The summed E-state index contributed by atoms with van der Waals surface area (Å²) in [6, 6.07) is 9.82. The summed E-state index contributed by atoms with van der Waals surface area (Å²) in [5, 5.41) is 10.1. The lowest BCUT2D eigenvalue weighted by atomic mass is 10.1. The molecule has 1 aromatic carbocycles. The Morgan fingerprint density at radius 3 is 2.74 bits per heavy atom. The maximum Gasteiger partial charge on any atom is 0.362 e. The zero-order valence-corrected chi connectivity index (χ0v) is 12.9. The van der Waals surface area contributed by atoms with Crippen molar-refractivity contribution in [2.45, 2.75) is 19.9 Å². The van der Waals surface area contributed by atoms with Crippen LogP contribution in [0.5, 0.6) is 0 Å². The van der Waals surface area contributed by atoms with Gasteiger partial charge in [-0.3, -0.25) is 4.79 Å². The van der Waals surface area contributed by atoms with Crippen molar-refractivity contribution in [3.63, 3.8) is 0 Å². The fraction of sp³-hybridized carbons (Fsp3) is 0.333. The number of hydrogen-bond donors (Lipinski definition) is 2. The highest BCUT2D eigenvalue weighted by Crippen LogP contribution is 2.09. The molecule has 1 aromatic heterocycles. The molecule has 8 nitrogen and oxygen atoms in total. The van der Waals surface area contributed by atoms with E-state index in [4.69, 9.17) is 10.5 Å². The van der Waals surface area contributed by atoms with Gasteiger partial charge in [-0.15, -0.1) is 5.10 Å². The van der Waals surface area contributed by atoms with E-state index in [0.717, 1.165) is 12.0 Å². The molecule has 0 radical (unpaired) electrons. The Hall–Kier alpha value is -2.90. The van der Waals surface area contributed by atoms with E-state index in [9.17, 15) is 9.59 Å². The predicted molar refractivity (Wildman–Crippen MR) is 83.5 cm³/mol. The van der Waals surface area contributed by atoms with Crippen LogP contribution in [0.2, 0.25) is 0 Å². The summed E-state index contributed by atoms with van der Waals surface area (Å²) in [4.78, 5) is 23.5. The molecule has 3 N–H and O–H groups in total. The third-order valence-electron chi connectivity index (χ3n) is 3.11. The van der Waals surface area contributed by atoms with Gasteiger partial charge in [0, 0.05) is 6.54 Å². The van der Waals surface area contributed by atoms with Gasteiger partial charge >= 0.3 is 5.97 Å². The molecule has 1 heterocycles. The highest BCUT2D eigenvalue weighted by molar-refractivity contribution is 5.92.